The Kier molecular flexibility index (Phi) is 7.64. The van der Waals surface area contributed by atoms with E-state index in [1.54, 1.807) is 6.07 Å². The molecular formula is C18H28N2O2. The Morgan fingerprint density at radius 1 is 0.909 bits per heavy atom. The lowest BCUT2D eigenvalue weighted by Gasteiger charge is -2.12. The van der Waals surface area contributed by atoms with Crippen molar-refractivity contribution in [3.05, 3.63) is 24.3 Å². The molecule has 2 N–H and O–H groups in total. The van der Waals surface area contributed by atoms with Gasteiger partial charge in [0.05, 0.1) is 0 Å². The number of amides is 2. The van der Waals surface area contributed by atoms with Crippen molar-refractivity contribution in [1.82, 2.24) is 0 Å². The third kappa shape index (κ3) is 6.74. The molecule has 0 radical (unpaired) electrons. The predicted octanol–water partition coefficient (Wildman–Crippen LogP) is 4.44. The molecule has 0 fully saturated rings. The van der Waals surface area contributed by atoms with E-state index in [1.807, 2.05) is 18.2 Å². The summed E-state index contributed by atoms with van der Waals surface area (Å²) < 4.78 is 0. The van der Waals surface area contributed by atoms with Gasteiger partial charge in [-0.25, -0.2) is 0 Å². The van der Waals surface area contributed by atoms with Crippen LogP contribution >= 0.6 is 0 Å². The summed E-state index contributed by atoms with van der Waals surface area (Å²) in [6, 6.07) is 7.29. The molecule has 0 heterocycles. The van der Waals surface area contributed by atoms with Gasteiger partial charge >= 0.3 is 0 Å². The first-order chi connectivity index (χ1) is 10.4. The molecule has 0 aliphatic rings. The Morgan fingerprint density at radius 2 is 1.32 bits per heavy atom. The molecule has 1 aromatic carbocycles. The number of anilines is 2. The zero-order valence-electron chi connectivity index (χ0n) is 14.1. The van der Waals surface area contributed by atoms with Gasteiger partial charge in [-0.15, -0.1) is 0 Å². The summed E-state index contributed by atoms with van der Waals surface area (Å²) in [5, 5.41) is 5.76. The predicted molar refractivity (Wildman–Crippen MR) is 91.8 cm³/mol. The van der Waals surface area contributed by atoms with Crippen molar-refractivity contribution >= 4 is 23.2 Å². The van der Waals surface area contributed by atoms with E-state index in [9.17, 15) is 9.59 Å². The Bertz CT molecular complexity index is 458. The van der Waals surface area contributed by atoms with E-state index in [4.69, 9.17) is 0 Å². The van der Waals surface area contributed by atoms with Gasteiger partial charge in [0.2, 0.25) is 11.8 Å². The van der Waals surface area contributed by atoms with Gasteiger partial charge in [0, 0.05) is 24.2 Å². The SMILES string of the molecule is CCC(C)CC(=O)Nc1cccc(NC(=O)CC(C)CC)c1. The van der Waals surface area contributed by atoms with Crippen molar-refractivity contribution in [3.8, 4) is 0 Å². The van der Waals surface area contributed by atoms with Crippen LogP contribution in [0.3, 0.4) is 0 Å². The van der Waals surface area contributed by atoms with Gasteiger partial charge in [-0.1, -0.05) is 46.6 Å². The number of hydrogen-bond acceptors (Lipinski definition) is 2. The second-order valence-electron chi connectivity index (χ2n) is 6.11. The van der Waals surface area contributed by atoms with E-state index in [0.717, 1.165) is 24.2 Å². The third-order valence-corrected chi connectivity index (χ3v) is 3.89. The number of benzene rings is 1. The molecule has 4 nitrogen and oxygen atoms in total. The molecule has 122 valence electrons. The Labute approximate surface area is 133 Å². The molecule has 1 rings (SSSR count). The normalized spacial score (nSPS) is 13.3. The first-order valence-electron chi connectivity index (χ1n) is 8.14. The maximum Gasteiger partial charge on any atom is 0.224 e. The molecule has 2 unspecified atom stereocenters. The monoisotopic (exact) mass is 304 g/mol. The highest BCUT2D eigenvalue weighted by Crippen LogP contribution is 2.17. The highest BCUT2D eigenvalue weighted by Gasteiger charge is 2.10. The van der Waals surface area contributed by atoms with Crippen LogP contribution in [0.2, 0.25) is 0 Å². The first kappa shape index (κ1) is 18.2. The molecule has 2 atom stereocenters. The number of rotatable bonds is 8. The fourth-order valence-corrected chi connectivity index (χ4v) is 2.02. The van der Waals surface area contributed by atoms with E-state index in [2.05, 4.69) is 38.3 Å². The molecule has 0 spiro atoms. The molecule has 1 aromatic rings. The smallest absolute Gasteiger partial charge is 0.224 e. The van der Waals surface area contributed by atoms with Crippen LogP contribution in [0.15, 0.2) is 24.3 Å². The second kappa shape index (κ2) is 9.23. The standard InChI is InChI=1S/C18H28N2O2/c1-5-13(3)10-17(21)19-15-8-7-9-16(12-15)20-18(22)11-14(4)6-2/h7-9,12-14H,5-6,10-11H2,1-4H3,(H,19,21)(H,20,22). The van der Waals surface area contributed by atoms with Crippen molar-refractivity contribution in [1.29, 1.82) is 0 Å². The maximum atomic E-state index is 11.9. The molecule has 0 saturated heterocycles. The zero-order chi connectivity index (χ0) is 16.5. The molecule has 0 aliphatic heterocycles. The lowest BCUT2D eigenvalue weighted by atomic mass is 10.0. The van der Waals surface area contributed by atoms with Crippen LogP contribution in [0.4, 0.5) is 11.4 Å². The molecule has 4 heteroatoms. The molecule has 2 amide bonds. The summed E-state index contributed by atoms with van der Waals surface area (Å²) >= 11 is 0. The van der Waals surface area contributed by atoms with Crippen LogP contribution in [0.5, 0.6) is 0 Å². The van der Waals surface area contributed by atoms with E-state index < -0.39 is 0 Å². The van der Waals surface area contributed by atoms with Gasteiger partial charge in [0.1, 0.15) is 0 Å². The van der Waals surface area contributed by atoms with Gasteiger partial charge in [0.25, 0.3) is 0 Å². The van der Waals surface area contributed by atoms with Crippen LogP contribution in [0, 0.1) is 11.8 Å². The lowest BCUT2D eigenvalue weighted by Crippen LogP contribution is -2.16. The fraction of sp³-hybridized carbons (Fsp3) is 0.556. The molecule has 22 heavy (non-hydrogen) atoms. The summed E-state index contributed by atoms with van der Waals surface area (Å²) in [4.78, 5) is 23.8. The number of nitrogens with one attached hydrogen (secondary N) is 2. The fourth-order valence-electron chi connectivity index (χ4n) is 2.02. The molecule has 0 saturated carbocycles. The average Bonchev–Trinajstić information content (AvgIpc) is 2.46. The highest BCUT2D eigenvalue weighted by atomic mass is 16.2. The Hall–Kier alpha value is -1.84. The third-order valence-electron chi connectivity index (χ3n) is 3.89. The van der Waals surface area contributed by atoms with E-state index in [0.29, 0.717) is 24.7 Å². The van der Waals surface area contributed by atoms with E-state index >= 15 is 0 Å². The summed E-state index contributed by atoms with van der Waals surface area (Å²) in [5.74, 6) is 0.770. The number of hydrogen-bond donors (Lipinski definition) is 2. The second-order valence-corrected chi connectivity index (χ2v) is 6.11. The molecule has 0 aliphatic carbocycles. The lowest BCUT2D eigenvalue weighted by molar-refractivity contribution is -0.117. The van der Waals surface area contributed by atoms with Crippen molar-refractivity contribution in [3.63, 3.8) is 0 Å². The van der Waals surface area contributed by atoms with E-state index in [1.165, 1.54) is 0 Å². The minimum Gasteiger partial charge on any atom is -0.326 e. The average molecular weight is 304 g/mol. The summed E-state index contributed by atoms with van der Waals surface area (Å²) in [7, 11) is 0. The molecule has 0 bridgehead atoms. The van der Waals surface area contributed by atoms with Crippen LogP contribution in [-0.4, -0.2) is 11.8 Å². The van der Waals surface area contributed by atoms with E-state index in [-0.39, 0.29) is 11.8 Å². The summed E-state index contributed by atoms with van der Waals surface area (Å²) in [5.41, 5.74) is 1.43. The van der Waals surface area contributed by atoms with Crippen molar-refractivity contribution < 1.29 is 9.59 Å². The van der Waals surface area contributed by atoms with Crippen LogP contribution in [-0.2, 0) is 9.59 Å². The number of carbonyl (C=O) groups excluding carboxylic acids is 2. The van der Waals surface area contributed by atoms with Gasteiger partial charge in [0.15, 0.2) is 0 Å². The molecule has 0 aromatic heterocycles. The summed E-state index contributed by atoms with van der Waals surface area (Å²) in [6.45, 7) is 8.27. The Balaban J connectivity index is 2.58. The topological polar surface area (TPSA) is 58.2 Å². The van der Waals surface area contributed by atoms with Gasteiger partial charge in [-0.05, 0) is 30.0 Å². The van der Waals surface area contributed by atoms with Gasteiger partial charge in [-0.2, -0.15) is 0 Å². The van der Waals surface area contributed by atoms with Crippen LogP contribution < -0.4 is 10.6 Å². The quantitative estimate of drug-likeness (QED) is 0.746. The highest BCUT2D eigenvalue weighted by molar-refractivity contribution is 5.94. The Morgan fingerprint density at radius 3 is 1.68 bits per heavy atom. The van der Waals surface area contributed by atoms with Gasteiger partial charge < -0.3 is 10.6 Å². The van der Waals surface area contributed by atoms with Gasteiger partial charge in [-0.3, -0.25) is 9.59 Å². The zero-order valence-corrected chi connectivity index (χ0v) is 14.1. The molecular weight excluding hydrogens is 276 g/mol. The van der Waals surface area contributed by atoms with Crippen molar-refractivity contribution in [2.75, 3.05) is 10.6 Å². The van der Waals surface area contributed by atoms with Crippen molar-refractivity contribution in [2.24, 2.45) is 11.8 Å². The summed E-state index contributed by atoms with van der Waals surface area (Å²) in [6.07, 6.45) is 3.00. The largest absolute Gasteiger partial charge is 0.326 e. The first-order valence-corrected chi connectivity index (χ1v) is 8.14. The number of carbonyl (C=O) groups is 2. The van der Waals surface area contributed by atoms with Crippen LogP contribution in [0.25, 0.3) is 0 Å². The van der Waals surface area contributed by atoms with Crippen molar-refractivity contribution in [2.45, 2.75) is 53.4 Å². The minimum atomic E-state index is 0.0115. The van der Waals surface area contributed by atoms with Crippen LogP contribution in [0.1, 0.15) is 53.4 Å². The maximum absolute atomic E-state index is 11.9. The minimum absolute atomic E-state index is 0.0115.